The highest BCUT2D eigenvalue weighted by atomic mass is 32.2. The molecule has 2 aromatic carbocycles. The van der Waals surface area contributed by atoms with Crippen LogP contribution in [0, 0.1) is 0 Å². The maximum atomic E-state index is 13.1. The van der Waals surface area contributed by atoms with Crippen LogP contribution in [0.5, 0.6) is 5.75 Å². The first kappa shape index (κ1) is 29.0. The van der Waals surface area contributed by atoms with Gasteiger partial charge in [0.2, 0.25) is 5.91 Å². The minimum absolute atomic E-state index is 0.149. The van der Waals surface area contributed by atoms with E-state index < -0.39 is 0 Å². The SMILES string of the molecule is CC(C)(C)c1cc(SCC(=O)N2CCN(c3ccc(N=C(N)c4cccs4)cc3)CC2)cc(C(C)(C)C)c1O. The van der Waals surface area contributed by atoms with Crippen LogP contribution >= 0.6 is 23.1 Å². The van der Waals surface area contributed by atoms with Gasteiger partial charge in [0.15, 0.2) is 0 Å². The van der Waals surface area contributed by atoms with Crippen LogP contribution in [0.3, 0.4) is 0 Å². The molecule has 0 bridgehead atoms. The normalized spacial score (nSPS) is 15.1. The summed E-state index contributed by atoms with van der Waals surface area (Å²) in [4.78, 5) is 23.9. The van der Waals surface area contributed by atoms with Crippen LogP contribution in [0.4, 0.5) is 11.4 Å². The zero-order valence-electron chi connectivity index (χ0n) is 23.8. The quantitative estimate of drug-likeness (QED) is 0.202. The number of aromatic hydroxyl groups is 1. The Hall–Kier alpha value is -2.97. The summed E-state index contributed by atoms with van der Waals surface area (Å²) in [7, 11) is 0. The summed E-state index contributed by atoms with van der Waals surface area (Å²) in [6.07, 6.45) is 0. The second-order valence-electron chi connectivity index (χ2n) is 12.0. The Morgan fingerprint density at radius 3 is 2.08 bits per heavy atom. The van der Waals surface area contributed by atoms with Crippen molar-refractivity contribution < 1.29 is 9.90 Å². The number of phenolic OH excluding ortho intramolecular Hbond substituents is 1. The van der Waals surface area contributed by atoms with E-state index in [-0.39, 0.29) is 16.7 Å². The maximum absolute atomic E-state index is 13.1. The van der Waals surface area contributed by atoms with Crippen LogP contribution in [-0.4, -0.2) is 53.7 Å². The predicted octanol–water partition coefficient (Wildman–Crippen LogP) is 6.53. The highest BCUT2D eigenvalue weighted by Crippen LogP contribution is 2.41. The van der Waals surface area contributed by atoms with Gasteiger partial charge in [0.25, 0.3) is 0 Å². The number of nitrogens with two attached hydrogens (primary N) is 1. The summed E-state index contributed by atoms with van der Waals surface area (Å²) in [6, 6.07) is 16.1. The zero-order chi connectivity index (χ0) is 28.4. The molecule has 4 rings (SSSR count). The number of hydrogen-bond donors (Lipinski definition) is 2. The Balaban J connectivity index is 1.34. The molecule has 1 aliphatic rings. The molecule has 1 aromatic heterocycles. The average molecular weight is 565 g/mol. The number of amidine groups is 1. The molecule has 0 radical (unpaired) electrons. The molecule has 0 spiro atoms. The maximum Gasteiger partial charge on any atom is 0.233 e. The second-order valence-corrected chi connectivity index (χ2v) is 14.0. The molecule has 1 amide bonds. The minimum Gasteiger partial charge on any atom is -0.507 e. The van der Waals surface area contributed by atoms with E-state index in [1.165, 1.54) is 0 Å². The van der Waals surface area contributed by atoms with Gasteiger partial charge < -0.3 is 20.6 Å². The molecule has 1 fully saturated rings. The third-order valence-corrected chi connectivity index (χ3v) is 8.78. The van der Waals surface area contributed by atoms with E-state index in [0.717, 1.165) is 45.4 Å². The molecule has 1 aliphatic heterocycles. The molecule has 0 saturated carbocycles. The Morgan fingerprint density at radius 2 is 1.56 bits per heavy atom. The minimum atomic E-state index is -0.192. The molecule has 0 atom stereocenters. The average Bonchev–Trinajstić information content (AvgIpc) is 3.42. The number of phenols is 1. The molecule has 1 saturated heterocycles. The predicted molar refractivity (Wildman–Crippen MR) is 166 cm³/mol. The van der Waals surface area contributed by atoms with E-state index >= 15 is 0 Å². The van der Waals surface area contributed by atoms with Crippen LogP contribution < -0.4 is 10.6 Å². The fraction of sp³-hybridized carbons (Fsp3) is 0.419. The van der Waals surface area contributed by atoms with Crippen LogP contribution in [-0.2, 0) is 15.6 Å². The smallest absolute Gasteiger partial charge is 0.233 e. The van der Waals surface area contributed by atoms with E-state index in [1.807, 2.05) is 46.7 Å². The van der Waals surface area contributed by atoms with Gasteiger partial charge in [-0.05, 0) is 58.7 Å². The zero-order valence-corrected chi connectivity index (χ0v) is 25.5. The lowest BCUT2D eigenvalue weighted by molar-refractivity contribution is -0.128. The number of carbonyl (C=O) groups excluding carboxylic acids is 1. The number of thioether (sulfide) groups is 1. The number of nitrogens with zero attached hydrogens (tertiary/aromatic N) is 3. The molecule has 208 valence electrons. The number of anilines is 1. The van der Waals surface area contributed by atoms with Crippen molar-refractivity contribution in [2.24, 2.45) is 10.7 Å². The summed E-state index contributed by atoms with van der Waals surface area (Å²) in [5.74, 6) is 1.43. The Kier molecular flexibility index (Phi) is 8.66. The van der Waals surface area contributed by atoms with Gasteiger partial charge in [-0.1, -0.05) is 47.6 Å². The fourth-order valence-corrected chi connectivity index (χ4v) is 6.14. The highest BCUT2D eigenvalue weighted by Gasteiger charge is 2.27. The van der Waals surface area contributed by atoms with Crippen LogP contribution in [0.25, 0.3) is 0 Å². The topological polar surface area (TPSA) is 82.2 Å². The summed E-state index contributed by atoms with van der Waals surface area (Å²) in [5, 5.41) is 13.0. The Labute approximate surface area is 240 Å². The number of piperazine rings is 1. The number of thiophene rings is 1. The van der Waals surface area contributed by atoms with E-state index in [0.29, 0.717) is 30.4 Å². The number of amides is 1. The third-order valence-electron chi connectivity index (χ3n) is 6.93. The molecule has 8 heteroatoms. The molecule has 3 N–H and O–H groups in total. The first-order valence-corrected chi connectivity index (χ1v) is 15.2. The molecular formula is C31H40N4O2S2. The van der Waals surface area contributed by atoms with Gasteiger partial charge in [-0.2, -0.15) is 0 Å². The Morgan fingerprint density at radius 1 is 0.974 bits per heavy atom. The van der Waals surface area contributed by atoms with E-state index in [4.69, 9.17) is 5.73 Å². The van der Waals surface area contributed by atoms with Crippen molar-refractivity contribution in [2.45, 2.75) is 57.3 Å². The van der Waals surface area contributed by atoms with Gasteiger partial charge in [-0.15, -0.1) is 23.1 Å². The van der Waals surface area contributed by atoms with Gasteiger partial charge >= 0.3 is 0 Å². The van der Waals surface area contributed by atoms with E-state index in [9.17, 15) is 9.90 Å². The molecule has 6 nitrogen and oxygen atoms in total. The fourth-order valence-electron chi connectivity index (χ4n) is 4.64. The first-order valence-electron chi connectivity index (χ1n) is 13.3. The number of hydrogen-bond acceptors (Lipinski definition) is 6. The molecule has 3 aromatic rings. The number of benzene rings is 2. The summed E-state index contributed by atoms with van der Waals surface area (Å²) >= 11 is 3.13. The first-order chi connectivity index (χ1) is 18.3. The van der Waals surface area contributed by atoms with Crippen molar-refractivity contribution in [3.05, 3.63) is 69.9 Å². The van der Waals surface area contributed by atoms with Gasteiger partial charge in [-0.25, -0.2) is 4.99 Å². The lowest BCUT2D eigenvalue weighted by Crippen LogP contribution is -2.49. The lowest BCUT2D eigenvalue weighted by atomic mass is 9.79. The summed E-state index contributed by atoms with van der Waals surface area (Å²) < 4.78 is 0. The van der Waals surface area contributed by atoms with Crippen molar-refractivity contribution in [3.63, 3.8) is 0 Å². The van der Waals surface area contributed by atoms with Crippen molar-refractivity contribution >= 4 is 46.2 Å². The molecular weight excluding hydrogens is 525 g/mol. The van der Waals surface area contributed by atoms with Crippen molar-refractivity contribution in [3.8, 4) is 5.75 Å². The molecule has 39 heavy (non-hydrogen) atoms. The molecule has 0 unspecified atom stereocenters. The summed E-state index contributed by atoms with van der Waals surface area (Å²) in [6.45, 7) is 15.6. The monoisotopic (exact) mass is 564 g/mol. The second kappa shape index (κ2) is 11.6. The lowest BCUT2D eigenvalue weighted by Gasteiger charge is -2.36. The van der Waals surface area contributed by atoms with Gasteiger partial charge in [0.05, 0.1) is 16.3 Å². The number of rotatable bonds is 6. The van der Waals surface area contributed by atoms with E-state index in [1.54, 1.807) is 23.1 Å². The van der Waals surface area contributed by atoms with Crippen molar-refractivity contribution in [1.82, 2.24) is 4.90 Å². The van der Waals surface area contributed by atoms with Gasteiger partial charge in [-0.3, -0.25) is 4.79 Å². The van der Waals surface area contributed by atoms with Crippen LogP contribution in [0.15, 0.2) is 63.8 Å². The van der Waals surface area contributed by atoms with Crippen molar-refractivity contribution in [1.29, 1.82) is 0 Å². The molecule has 0 aliphatic carbocycles. The highest BCUT2D eigenvalue weighted by molar-refractivity contribution is 8.00. The standard InChI is InChI=1S/C31H40N4O2S2/c1-30(2,3)24-18-23(19-25(28(24)37)31(4,5)6)39-20-27(36)35-15-13-34(14-16-35)22-11-9-21(10-12-22)33-29(32)26-8-7-17-38-26/h7-12,17-19,37H,13-16,20H2,1-6H3,(H2,32,33). The van der Waals surface area contributed by atoms with Crippen LogP contribution in [0.2, 0.25) is 0 Å². The number of aliphatic imine (C=N–C) groups is 1. The van der Waals surface area contributed by atoms with E-state index in [2.05, 4.69) is 63.6 Å². The largest absolute Gasteiger partial charge is 0.507 e. The van der Waals surface area contributed by atoms with Crippen molar-refractivity contribution in [2.75, 3.05) is 36.8 Å². The summed E-state index contributed by atoms with van der Waals surface area (Å²) in [5.41, 5.74) is 9.52. The van der Waals surface area contributed by atoms with Crippen LogP contribution in [0.1, 0.15) is 57.5 Å². The van der Waals surface area contributed by atoms with Gasteiger partial charge in [0.1, 0.15) is 11.6 Å². The third kappa shape index (κ3) is 7.17. The van der Waals surface area contributed by atoms with Gasteiger partial charge in [0, 0.05) is 47.9 Å². The number of carbonyl (C=O) groups is 1. The Bertz CT molecular complexity index is 1280. The molecule has 2 heterocycles.